The predicted octanol–water partition coefficient (Wildman–Crippen LogP) is 14.3. The van der Waals surface area contributed by atoms with E-state index in [4.69, 9.17) is 101 Å². The molecule has 12 heterocycles. The van der Waals surface area contributed by atoms with Gasteiger partial charge >= 0.3 is 7.82 Å². The van der Waals surface area contributed by atoms with Crippen molar-refractivity contribution in [2.24, 2.45) is 0 Å². The molecule has 0 aliphatic heterocycles. The summed E-state index contributed by atoms with van der Waals surface area (Å²) in [6.45, 7) is 8.89. The lowest BCUT2D eigenvalue weighted by Crippen LogP contribution is -2.22. The first-order valence-corrected chi connectivity index (χ1v) is 42.6. The molecule has 12 aromatic heterocycles. The first kappa shape index (κ1) is 95.1. The third kappa shape index (κ3) is 22.9. The Kier molecular flexibility index (Phi) is 29.7. The lowest BCUT2D eigenvalue weighted by atomic mass is 10.2. The Morgan fingerprint density at radius 2 is 0.649 bits per heavy atom. The Balaban J connectivity index is 0.000000158. The molecule has 0 spiro atoms. The normalized spacial score (nSPS) is 11.4. The molecular formula is C86H69Cl4N21O18P2. The largest absolute Gasteiger partial charge is 0.756 e. The molecule has 1 unspecified atom stereocenters. The predicted molar refractivity (Wildman–Crippen MR) is 476 cm³/mol. The minimum atomic E-state index is -4.97. The van der Waals surface area contributed by atoms with E-state index >= 15 is 0 Å². The van der Waals surface area contributed by atoms with Crippen LogP contribution in [0.3, 0.4) is 0 Å². The molecule has 0 bridgehead atoms. The van der Waals surface area contributed by atoms with Gasteiger partial charge < -0.3 is 62.9 Å². The molecule has 0 saturated carbocycles. The Hall–Kier alpha value is -15.0. The highest BCUT2D eigenvalue weighted by Crippen LogP contribution is 2.38. The summed E-state index contributed by atoms with van der Waals surface area (Å²) in [5.41, 5.74) is 5.38. The van der Waals surface area contributed by atoms with Crippen LogP contribution in [0.5, 0.6) is 46.0 Å². The van der Waals surface area contributed by atoms with Crippen molar-refractivity contribution in [3.8, 4) is 70.3 Å². The van der Waals surface area contributed by atoms with Gasteiger partial charge in [-0.1, -0.05) is 46.4 Å². The van der Waals surface area contributed by atoms with Crippen molar-refractivity contribution in [1.29, 1.82) is 21.0 Å². The van der Waals surface area contributed by atoms with Crippen LogP contribution in [-0.2, 0) is 57.8 Å². The second kappa shape index (κ2) is 41.0. The fraction of sp³-hybridized carbons (Fsp3) is 0.140. The van der Waals surface area contributed by atoms with Gasteiger partial charge in [0.1, 0.15) is 29.7 Å². The standard InChI is InChI=1S/2C22H16ClN5O3.2C21H17ClN5O6P.H3N/c2*1-13-5-7-27(12-19-18-4-3-6-25-21(18)28(26-19)14(2)29)22(30)20(13)31-17-9-15(11-24)8-16(23)10-17;2*1-13-4-6-26(21(28)19(13)33-16-8-14(10-23)7-15(22)9-16)11-18-17-3-2-5-24-20(17)27(25-18)12-32-34(29,30)31;/h2*3-10H,12H2,1-2H3;2*2-9H,11-12H2,1H3,(H2,29,30,31);1H3. The van der Waals surface area contributed by atoms with Gasteiger partial charge in [-0.2, -0.15) is 50.8 Å². The SMILES string of the molecule is CC(=O)n1nc(Cn2ccc(C)c(Oc3cc(Cl)cc(C#N)c3)c2=O)c2cccnc21.CC(=O)n1nc(Cn2ccc(C)c(Oc3cc(Cl)cc(C#N)c3)c2=O)c2cccnc21.Cc1ccn(Cc2nn(COP(=O)(O)O)c3ncccc23)c(=O)c1Oc1cc(Cl)cc(C#N)c1.Cc1ccn(Cc2nn(COP(=O)([O-])O)c3ncccc23)c(=O)c1Oc1cc(Cl)cc(C#N)c1.[NH4+]. The number of nitrogens with zero attached hydrogens (tertiary/aromatic N) is 20. The summed E-state index contributed by atoms with van der Waals surface area (Å²) in [7, 11) is -9.69. The monoisotopic (exact) mass is 1890 g/mol. The number of rotatable bonds is 22. The average Bonchev–Trinajstić information content (AvgIpc) is 1.64. The number of nitriles is 4. The molecule has 0 radical (unpaired) electrons. The van der Waals surface area contributed by atoms with E-state index in [2.05, 4.69) is 49.4 Å². The quantitative estimate of drug-likeness (QED) is 0.0458. The van der Waals surface area contributed by atoms with E-state index in [0.717, 1.165) is 4.68 Å². The molecule has 7 N–H and O–H groups in total. The van der Waals surface area contributed by atoms with Crippen LogP contribution in [0.1, 0.15) is 90.7 Å². The van der Waals surface area contributed by atoms with Crippen LogP contribution in [0.4, 0.5) is 0 Å². The smallest absolute Gasteiger partial charge is 0.471 e. The van der Waals surface area contributed by atoms with Crippen LogP contribution >= 0.6 is 62.0 Å². The van der Waals surface area contributed by atoms with E-state index < -0.39 is 40.2 Å². The highest BCUT2D eigenvalue weighted by atomic mass is 35.5. The topological polar surface area (TPSA) is 550 Å². The van der Waals surface area contributed by atoms with Crippen molar-refractivity contribution in [3.63, 3.8) is 0 Å². The lowest BCUT2D eigenvalue weighted by molar-refractivity contribution is -0.223. The first-order valence-electron chi connectivity index (χ1n) is 38.0. The Labute approximate surface area is 759 Å². The molecule has 0 aliphatic rings. The maximum absolute atomic E-state index is 13.2. The number of hydrogen-bond acceptors (Lipinski definition) is 27. The van der Waals surface area contributed by atoms with Crippen molar-refractivity contribution >= 4 is 118 Å². The second-order valence-corrected chi connectivity index (χ2v) is 32.4. The molecular weight excluding hydrogens is 1820 g/mol. The molecule has 39 nitrogen and oxygen atoms in total. The molecule has 131 heavy (non-hydrogen) atoms. The van der Waals surface area contributed by atoms with E-state index in [9.17, 15) is 42.8 Å². The molecule has 4 aromatic carbocycles. The fourth-order valence-corrected chi connectivity index (χ4v) is 14.4. The fourth-order valence-electron chi connectivity index (χ4n) is 13.0. The van der Waals surface area contributed by atoms with Crippen molar-refractivity contribution in [2.45, 2.75) is 81.2 Å². The molecule has 16 rings (SSSR count). The minimum absolute atomic E-state index is 0. The zero-order chi connectivity index (χ0) is 93.2. The van der Waals surface area contributed by atoms with Crippen molar-refractivity contribution < 1.29 is 66.3 Å². The number of phosphoric ester groups is 2. The number of carbonyl (C=O) groups is 2. The van der Waals surface area contributed by atoms with Crippen molar-refractivity contribution in [2.75, 3.05) is 0 Å². The highest BCUT2D eigenvalue weighted by molar-refractivity contribution is 7.46. The number of halogens is 4. The number of ether oxygens (including phenoxy) is 4. The van der Waals surface area contributed by atoms with Gasteiger partial charge in [-0.05, 0) is 196 Å². The summed E-state index contributed by atoms with van der Waals surface area (Å²) >= 11 is 24.1. The summed E-state index contributed by atoms with van der Waals surface area (Å²) in [6, 6.07) is 46.7. The lowest BCUT2D eigenvalue weighted by Gasteiger charge is -2.15. The number of aromatic nitrogens is 16. The minimum Gasteiger partial charge on any atom is -0.756 e. The van der Waals surface area contributed by atoms with Crippen LogP contribution in [0.2, 0.25) is 20.1 Å². The van der Waals surface area contributed by atoms with Crippen LogP contribution in [0.15, 0.2) is 214 Å². The zero-order valence-electron chi connectivity index (χ0n) is 69.5. The number of benzene rings is 4. The third-order valence-corrected chi connectivity index (χ3v) is 20.7. The van der Waals surface area contributed by atoms with E-state index in [1.165, 1.54) is 131 Å². The van der Waals surface area contributed by atoms with Gasteiger partial charge in [0, 0.05) is 105 Å². The van der Waals surface area contributed by atoms with Gasteiger partial charge in [0.05, 0.1) is 95.5 Å². The molecule has 16 aromatic rings. The number of quaternary nitrogens is 1. The molecule has 0 saturated heterocycles. The first-order chi connectivity index (χ1) is 62.0. The maximum Gasteiger partial charge on any atom is 0.471 e. The van der Waals surface area contributed by atoms with Crippen molar-refractivity contribution in [3.05, 3.63) is 324 Å². The Morgan fingerprint density at radius 3 is 0.901 bits per heavy atom. The molecule has 1 atom stereocenters. The second-order valence-electron chi connectivity index (χ2n) is 28.2. The number of aryl methyl sites for hydroxylation is 4. The van der Waals surface area contributed by atoms with E-state index in [1.807, 2.05) is 24.3 Å². The zero-order valence-corrected chi connectivity index (χ0v) is 74.3. The summed E-state index contributed by atoms with van der Waals surface area (Å²) in [4.78, 5) is 131. The molecule has 664 valence electrons. The number of phosphoric acid groups is 2. The molecule has 0 aliphatic carbocycles. The van der Waals surface area contributed by atoms with Gasteiger partial charge in [-0.15, -0.1) is 0 Å². The van der Waals surface area contributed by atoms with Crippen LogP contribution in [-0.4, -0.2) is 104 Å². The van der Waals surface area contributed by atoms with Gasteiger partial charge in [0.15, 0.2) is 52.3 Å². The summed E-state index contributed by atoms with van der Waals surface area (Å²) in [6.07, 6.45) is 12.6. The number of pyridine rings is 8. The van der Waals surface area contributed by atoms with Crippen LogP contribution in [0, 0.1) is 73.0 Å². The number of fused-ring (bicyclic) bond motifs is 4. The molecule has 45 heteroatoms. The van der Waals surface area contributed by atoms with Crippen molar-refractivity contribution in [1.82, 2.24) is 83.5 Å². The van der Waals surface area contributed by atoms with E-state index in [0.29, 0.717) is 126 Å². The Morgan fingerprint density at radius 1 is 0.397 bits per heavy atom. The summed E-state index contributed by atoms with van der Waals surface area (Å²) < 4.78 is 64.7. The van der Waals surface area contributed by atoms with Gasteiger partial charge in [-0.3, -0.25) is 42.4 Å². The van der Waals surface area contributed by atoms with Crippen LogP contribution < -0.4 is 52.2 Å². The summed E-state index contributed by atoms with van der Waals surface area (Å²) in [5.74, 6) is 0.847. The highest BCUT2D eigenvalue weighted by Gasteiger charge is 2.25. The average molecular weight is 1890 g/mol. The maximum atomic E-state index is 13.2. The van der Waals surface area contributed by atoms with Gasteiger partial charge in [0.2, 0.25) is 11.8 Å². The summed E-state index contributed by atoms with van der Waals surface area (Å²) in [5, 5.41) is 57.6. The molecule has 0 amide bonds. The Bertz CT molecular complexity index is 7290. The van der Waals surface area contributed by atoms with Crippen LogP contribution in [0.25, 0.3) is 44.1 Å². The molecule has 0 fully saturated rings. The van der Waals surface area contributed by atoms with Gasteiger partial charge in [0.25, 0.3) is 30.1 Å². The van der Waals surface area contributed by atoms with Gasteiger partial charge in [-0.25, -0.2) is 33.9 Å². The third-order valence-electron chi connectivity index (χ3n) is 18.9. The number of hydrogen-bond donors (Lipinski definition) is 4. The van der Waals surface area contributed by atoms with E-state index in [1.54, 1.807) is 138 Å². The van der Waals surface area contributed by atoms with E-state index in [-0.39, 0.29) is 107 Å². The number of carbonyl (C=O) groups excluding carboxylic acids is 2.